The summed E-state index contributed by atoms with van der Waals surface area (Å²) >= 11 is 14.1. The van der Waals surface area contributed by atoms with Gasteiger partial charge < -0.3 is 14.9 Å². The zero-order chi connectivity index (χ0) is 22.1. The summed E-state index contributed by atoms with van der Waals surface area (Å²) in [6.07, 6.45) is -3.25. The maximum absolute atomic E-state index is 13.1. The summed E-state index contributed by atoms with van der Waals surface area (Å²) < 4.78 is 43.5. The van der Waals surface area contributed by atoms with Gasteiger partial charge in [0.1, 0.15) is 11.7 Å². The Morgan fingerprint density at radius 3 is 2.33 bits per heavy atom. The molecule has 0 saturated carbocycles. The highest BCUT2D eigenvalue weighted by Crippen LogP contribution is 2.33. The van der Waals surface area contributed by atoms with Gasteiger partial charge in [0, 0.05) is 37.9 Å². The lowest BCUT2D eigenvalue weighted by Gasteiger charge is -2.37. The van der Waals surface area contributed by atoms with Gasteiger partial charge in [0.25, 0.3) is 0 Å². The number of nitrogens with zero attached hydrogens (tertiary/aromatic N) is 4. The second kappa shape index (κ2) is 9.15. The summed E-state index contributed by atoms with van der Waals surface area (Å²) in [7, 11) is 0. The molecule has 0 radical (unpaired) electrons. The molecule has 0 unspecified atom stereocenters. The number of aromatic carboxylic acids is 1. The lowest BCUT2D eigenvalue weighted by atomic mass is 10.1. The first-order valence-electron chi connectivity index (χ1n) is 8.56. The minimum absolute atomic E-state index is 0.0131. The van der Waals surface area contributed by atoms with Crippen LogP contribution in [0.15, 0.2) is 33.7 Å². The van der Waals surface area contributed by atoms with E-state index in [0.717, 1.165) is 12.1 Å². The van der Waals surface area contributed by atoms with Gasteiger partial charge in [-0.05, 0) is 24.3 Å². The fourth-order valence-electron chi connectivity index (χ4n) is 3.05. The Morgan fingerprint density at radius 2 is 1.80 bits per heavy atom. The van der Waals surface area contributed by atoms with Gasteiger partial charge in [-0.25, -0.2) is 9.78 Å². The van der Waals surface area contributed by atoms with Gasteiger partial charge in [0.2, 0.25) is 0 Å². The fourth-order valence-corrected chi connectivity index (χ4v) is 4.11. The molecule has 6 nitrogen and oxygen atoms in total. The Bertz CT molecular complexity index is 996. The van der Waals surface area contributed by atoms with Crippen LogP contribution < -0.4 is 4.90 Å². The van der Waals surface area contributed by atoms with Crippen LogP contribution in [0.1, 0.15) is 21.5 Å². The van der Waals surface area contributed by atoms with Crippen LogP contribution >= 0.6 is 46.1 Å². The molecule has 1 aromatic heterocycles. The van der Waals surface area contributed by atoms with Crippen molar-refractivity contribution < 1.29 is 23.1 Å². The largest absolute Gasteiger partial charge is 0.478 e. The van der Waals surface area contributed by atoms with Crippen LogP contribution in [0.2, 0.25) is 10.0 Å². The van der Waals surface area contributed by atoms with Crippen LogP contribution in [0.25, 0.3) is 0 Å². The third kappa shape index (κ3) is 4.92. The van der Waals surface area contributed by atoms with Crippen LogP contribution in [0, 0.1) is 0 Å². The van der Waals surface area contributed by atoms with E-state index >= 15 is 0 Å². The molecule has 1 saturated heterocycles. The van der Waals surface area contributed by atoms with Gasteiger partial charge in [-0.15, -0.1) is 0 Å². The number of halogens is 6. The molecule has 160 valence electrons. The molecule has 0 amide bonds. The number of benzene rings is 1. The van der Waals surface area contributed by atoms with Crippen LogP contribution in [0.4, 0.5) is 19.0 Å². The molecule has 1 aliphatic heterocycles. The summed E-state index contributed by atoms with van der Waals surface area (Å²) in [5.41, 5.74) is -0.607. The molecule has 0 spiro atoms. The molecular formula is C18H14Cl2F3IN4O2. The van der Waals surface area contributed by atoms with Gasteiger partial charge in [-0.1, -0.05) is 23.2 Å². The van der Waals surface area contributed by atoms with Crippen molar-refractivity contribution in [1.82, 2.24) is 9.88 Å². The summed E-state index contributed by atoms with van der Waals surface area (Å²) in [5, 5.41) is 9.41. The second-order valence-electron chi connectivity index (χ2n) is 6.41. The zero-order valence-corrected chi connectivity index (χ0v) is 18.8. The molecule has 1 aromatic carbocycles. The number of carbonyl (C=O) groups is 1. The van der Waals surface area contributed by atoms with E-state index in [1.54, 1.807) is 22.9 Å². The Hall–Kier alpha value is -1.79. The molecule has 1 aliphatic rings. The molecule has 1 fully saturated rings. The first-order chi connectivity index (χ1) is 14.1. The number of carboxylic acids is 1. The van der Waals surface area contributed by atoms with Crippen molar-refractivity contribution in [3.8, 4) is 0 Å². The highest BCUT2D eigenvalue weighted by atomic mass is 127. The Kier molecular flexibility index (Phi) is 6.98. The second-order valence-corrected chi connectivity index (χ2v) is 7.71. The van der Waals surface area contributed by atoms with E-state index in [2.05, 4.69) is 8.19 Å². The number of amidine groups is 1. The molecule has 2 aromatic rings. The predicted octanol–water partition coefficient (Wildman–Crippen LogP) is 5.02. The topological polar surface area (TPSA) is 69.0 Å². The van der Waals surface area contributed by atoms with E-state index in [4.69, 9.17) is 28.3 Å². The van der Waals surface area contributed by atoms with Crippen LogP contribution in [0.3, 0.4) is 0 Å². The van der Waals surface area contributed by atoms with Crippen molar-refractivity contribution >= 4 is 63.7 Å². The molecular weight excluding hydrogens is 559 g/mol. The summed E-state index contributed by atoms with van der Waals surface area (Å²) in [4.78, 5) is 18.9. The van der Waals surface area contributed by atoms with E-state index in [9.17, 15) is 18.0 Å². The molecule has 12 heteroatoms. The van der Waals surface area contributed by atoms with Gasteiger partial charge in [0.05, 0.1) is 44.0 Å². The van der Waals surface area contributed by atoms with Crippen molar-refractivity contribution in [2.75, 3.05) is 31.1 Å². The van der Waals surface area contributed by atoms with Crippen LogP contribution in [0.5, 0.6) is 0 Å². The number of alkyl halides is 3. The third-order valence-corrected chi connectivity index (χ3v) is 5.63. The summed E-state index contributed by atoms with van der Waals surface area (Å²) in [6, 6.07) is 4.47. The van der Waals surface area contributed by atoms with E-state index in [-0.39, 0.29) is 21.2 Å². The van der Waals surface area contributed by atoms with Gasteiger partial charge >= 0.3 is 12.1 Å². The molecule has 0 atom stereocenters. The molecule has 30 heavy (non-hydrogen) atoms. The smallest absolute Gasteiger partial charge is 0.416 e. The number of hydrogen-bond donors (Lipinski definition) is 1. The standard InChI is InChI=1S/C18H14Cl2F3IN4O2/c19-13-2-1-11(18(21,22)23)8-12(13)15(26-24)27-3-5-28(6-4-27)16-14(20)7-10(9-25-16)17(29)30/h1-2,7-9H,3-6H2,(H,29,30)/b26-15+. The predicted molar refractivity (Wildman–Crippen MR) is 117 cm³/mol. The maximum Gasteiger partial charge on any atom is 0.416 e. The molecule has 0 aliphatic carbocycles. The molecule has 2 heterocycles. The first kappa shape index (κ1) is 22.9. The Labute approximate surface area is 193 Å². The van der Waals surface area contributed by atoms with Gasteiger partial charge in [-0.2, -0.15) is 16.4 Å². The number of rotatable bonds is 3. The quantitative estimate of drug-likeness (QED) is 0.318. The minimum Gasteiger partial charge on any atom is -0.478 e. The number of anilines is 1. The maximum atomic E-state index is 13.1. The van der Waals surface area contributed by atoms with Crippen molar-refractivity contribution in [1.29, 1.82) is 0 Å². The van der Waals surface area contributed by atoms with Crippen molar-refractivity contribution in [3.63, 3.8) is 0 Å². The average molecular weight is 573 g/mol. The van der Waals surface area contributed by atoms with E-state index in [1.807, 2.05) is 9.80 Å². The third-order valence-electron chi connectivity index (χ3n) is 4.56. The first-order valence-corrected chi connectivity index (χ1v) is 10.3. The number of carboxylic acid groups (broad SMARTS) is 1. The number of pyridine rings is 1. The summed E-state index contributed by atoms with van der Waals surface area (Å²) in [6.45, 7) is 1.80. The van der Waals surface area contributed by atoms with E-state index < -0.39 is 17.7 Å². The lowest BCUT2D eigenvalue weighted by Crippen LogP contribution is -2.49. The number of piperazine rings is 1. The number of aromatic nitrogens is 1. The van der Waals surface area contributed by atoms with E-state index in [1.165, 1.54) is 18.3 Å². The molecule has 3 rings (SSSR count). The average Bonchev–Trinajstić information content (AvgIpc) is 2.69. The Morgan fingerprint density at radius 1 is 1.13 bits per heavy atom. The normalized spacial score (nSPS) is 15.5. The minimum atomic E-state index is -4.49. The number of hydrogen-bond acceptors (Lipinski definition) is 4. The highest BCUT2D eigenvalue weighted by molar-refractivity contribution is 14.1. The summed E-state index contributed by atoms with van der Waals surface area (Å²) in [5.74, 6) is -0.320. The van der Waals surface area contributed by atoms with Crippen LogP contribution in [-0.2, 0) is 6.18 Å². The van der Waals surface area contributed by atoms with Crippen LogP contribution in [-0.4, -0.2) is 53.0 Å². The Balaban J connectivity index is 1.78. The van der Waals surface area contributed by atoms with Crippen molar-refractivity contribution in [3.05, 3.63) is 57.2 Å². The molecule has 1 N–H and O–H groups in total. The van der Waals surface area contributed by atoms with Gasteiger partial charge in [-0.3, -0.25) is 0 Å². The SMILES string of the molecule is O=C(O)c1cnc(N2CCN(/C(=N/I)c3cc(C(F)(F)F)ccc3Cl)CC2)c(Cl)c1. The zero-order valence-electron chi connectivity index (χ0n) is 15.1. The fraction of sp³-hybridized carbons (Fsp3) is 0.278. The molecule has 0 bridgehead atoms. The van der Waals surface area contributed by atoms with Gasteiger partial charge in [0.15, 0.2) is 0 Å². The van der Waals surface area contributed by atoms with Crippen molar-refractivity contribution in [2.24, 2.45) is 3.21 Å². The van der Waals surface area contributed by atoms with Crippen molar-refractivity contribution in [2.45, 2.75) is 6.18 Å². The van der Waals surface area contributed by atoms with E-state index in [0.29, 0.717) is 37.8 Å². The monoisotopic (exact) mass is 572 g/mol. The lowest BCUT2D eigenvalue weighted by molar-refractivity contribution is -0.137. The highest BCUT2D eigenvalue weighted by Gasteiger charge is 2.32.